The average Bonchev–Trinajstić information content (AvgIpc) is 3.04. The van der Waals surface area contributed by atoms with E-state index in [0.717, 1.165) is 18.6 Å². The van der Waals surface area contributed by atoms with Crippen molar-refractivity contribution in [2.75, 3.05) is 18.5 Å². The number of hydrogen-bond donors (Lipinski definition) is 2. The minimum absolute atomic E-state index is 0.0118. The van der Waals surface area contributed by atoms with Crippen molar-refractivity contribution >= 4 is 17.5 Å². The zero-order chi connectivity index (χ0) is 15.9. The van der Waals surface area contributed by atoms with E-state index in [1.165, 1.54) is 0 Å². The van der Waals surface area contributed by atoms with Gasteiger partial charge in [0, 0.05) is 12.3 Å². The summed E-state index contributed by atoms with van der Waals surface area (Å²) in [7, 11) is 0. The summed E-state index contributed by atoms with van der Waals surface area (Å²) in [4.78, 5) is 23.8. The summed E-state index contributed by atoms with van der Waals surface area (Å²) in [6.45, 7) is 5.03. The second-order valence-corrected chi connectivity index (χ2v) is 5.23. The number of benzene rings is 1. The Morgan fingerprint density at radius 1 is 1.32 bits per heavy atom. The van der Waals surface area contributed by atoms with Crippen LogP contribution in [-0.2, 0) is 14.3 Å². The van der Waals surface area contributed by atoms with Gasteiger partial charge in [0.2, 0.25) is 0 Å². The number of carbonyl (C=O) groups is 2. The van der Waals surface area contributed by atoms with Crippen LogP contribution in [0.2, 0.25) is 0 Å². The Balaban J connectivity index is 1.83. The molecule has 2 N–H and O–H groups in total. The van der Waals surface area contributed by atoms with Crippen LogP contribution in [0.25, 0.3) is 0 Å². The van der Waals surface area contributed by atoms with E-state index in [2.05, 4.69) is 10.6 Å². The third-order valence-corrected chi connectivity index (χ3v) is 3.51. The Morgan fingerprint density at radius 2 is 2.05 bits per heavy atom. The SMILES string of the molecule is CCOc1ccc(NC(=O)C(=O)NC(C)C2CCCO2)cc1. The largest absolute Gasteiger partial charge is 0.494 e. The van der Waals surface area contributed by atoms with Crippen LogP contribution in [0.15, 0.2) is 24.3 Å². The molecule has 2 unspecified atom stereocenters. The molecule has 6 heteroatoms. The van der Waals surface area contributed by atoms with Crippen LogP contribution in [0.5, 0.6) is 5.75 Å². The standard InChI is InChI=1S/C16H22N2O4/c1-3-21-13-8-6-12(7-9-13)18-16(20)15(19)17-11(2)14-5-4-10-22-14/h6-9,11,14H,3-5,10H2,1-2H3,(H,17,19)(H,18,20). The Labute approximate surface area is 130 Å². The Morgan fingerprint density at radius 3 is 2.64 bits per heavy atom. The van der Waals surface area contributed by atoms with Crippen molar-refractivity contribution in [3.05, 3.63) is 24.3 Å². The molecule has 1 aliphatic heterocycles. The van der Waals surface area contributed by atoms with Crippen LogP contribution in [0, 0.1) is 0 Å². The van der Waals surface area contributed by atoms with E-state index in [9.17, 15) is 9.59 Å². The van der Waals surface area contributed by atoms with E-state index in [1.807, 2.05) is 13.8 Å². The second-order valence-electron chi connectivity index (χ2n) is 5.23. The average molecular weight is 306 g/mol. The highest BCUT2D eigenvalue weighted by Crippen LogP contribution is 2.16. The van der Waals surface area contributed by atoms with Crippen molar-refractivity contribution in [2.45, 2.75) is 38.8 Å². The molecular weight excluding hydrogens is 284 g/mol. The highest BCUT2D eigenvalue weighted by Gasteiger charge is 2.25. The Bertz CT molecular complexity index is 509. The number of rotatable bonds is 5. The fraction of sp³-hybridized carbons (Fsp3) is 0.500. The zero-order valence-electron chi connectivity index (χ0n) is 12.9. The van der Waals surface area contributed by atoms with Gasteiger partial charge in [-0.25, -0.2) is 0 Å². The lowest BCUT2D eigenvalue weighted by atomic mass is 10.1. The highest BCUT2D eigenvalue weighted by atomic mass is 16.5. The molecule has 0 radical (unpaired) electrons. The predicted molar refractivity (Wildman–Crippen MR) is 82.8 cm³/mol. The van der Waals surface area contributed by atoms with Crippen LogP contribution >= 0.6 is 0 Å². The fourth-order valence-corrected chi connectivity index (χ4v) is 2.35. The van der Waals surface area contributed by atoms with Gasteiger partial charge >= 0.3 is 11.8 Å². The molecule has 2 rings (SSSR count). The molecule has 2 atom stereocenters. The fourth-order valence-electron chi connectivity index (χ4n) is 2.35. The molecule has 1 saturated heterocycles. The van der Waals surface area contributed by atoms with Gasteiger partial charge in [0.15, 0.2) is 0 Å². The van der Waals surface area contributed by atoms with Crippen LogP contribution in [0.3, 0.4) is 0 Å². The third-order valence-electron chi connectivity index (χ3n) is 3.51. The molecule has 0 spiro atoms. The van der Waals surface area contributed by atoms with Gasteiger partial charge in [-0.15, -0.1) is 0 Å². The van der Waals surface area contributed by atoms with Crippen molar-refractivity contribution in [2.24, 2.45) is 0 Å². The molecule has 0 aliphatic carbocycles. The van der Waals surface area contributed by atoms with Crippen LogP contribution in [0.1, 0.15) is 26.7 Å². The maximum Gasteiger partial charge on any atom is 0.313 e. The van der Waals surface area contributed by atoms with E-state index in [-0.39, 0.29) is 12.1 Å². The number of carbonyl (C=O) groups excluding carboxylic acids is 2. The molecule has 0 bridgehead atoms. The first-order chi connectivity index (χ1) is 10.6. The van der Waals surface area contributed by atoms with Gasteiger partial charge in [-0.05, 0) is 51.0 Å². The predicted octanol–water partition coefficient (Wildman–Crippen LogP) is 1.71. The Kier molecular flexibility index (Phi) is 5.77. The smallest absolute Gasteiger partial charge is 0.313 e. The van der Waals surface area contributed by atoms with Gasteiger partial charge in [0.25, 0.3) is 0 Å². The quantitative estimate of drug-likeness (QED) is 0.812. The second kappa shape index (κ2) is 7.79. The third kappa shape index (κ3) is 4.46. The lowest BCUT2D eigenvalue weighted by Crippen LogP contribution is -2.45. The summed E-state index contributed by atoms with van der Waals surface area (Å²) in [5.41, 5.74) is 0.549. The molecular formula is C16H22N2O4. The van der Waals surface area contributed by atoms with Gasteiger partial charge in [0.05, 0.1) is 18.8 Å². The van der Waals surface area contributed by atoms with Gasteiger partial charge in [-0.3, -0.25) is 9.59 Å². The van der Waals surface area contributed by atoms with Gasteiger partial charge in [-0.1, -0.05) is 0 Å². The summed E-state index contributed by atoms with van der Waals surface area (Å²) in [5.74, 6) is -0.622. The van der Waals surface area contributed by atoms with E-state index in [0.29, 0.717) is 18.9 Å². The number of anilines is 1. The summed E-state index contributed by atoms with van der Waals surface area (Å²) < 4.78 is 10.8. The molecule has 0 saturated carbocycles. The maximum absolute atomic E-state index is 11.9. The first kappa shape index (κ1) is 16.3. The number of ether oxygens (including phenoxy) is 2. The summed E-state index contributed by atoms with van der Waals surface area (Å²) in [6, 6.07) is 6.69. The van der Waals surface area contributed by atoms with E-state index >= 15 is 0 Å². The van der Waals surface area contributed by atoms with Crippen LogP contribution in [0.4, 0.5) is 5.69 Å². The van der Waals surface area contributed by atoms with Crippen LogP contribution in [-0.4, -0.2) is 37.2 Å². The molecule has 1 heterocycles. The van der Waals surface area contributed by atoms with Gasteiger partial charge < -0.3 is 20.1 Å². The summed E-state index contributed by atoms with van der Waals surface area (Å²) in [6.07, 6.45) is 1.88. The molecule has 120 valence electrons. The molecule has 1 aliphatic rings. The van der Waals surface area contributed by atoms with Crippen molar-refractivity contribution in [1.29, 1.82) is 0 Å². The number of nitrogens with one attached hydrogen (secondary N) is 2. The van der Waals surface area contributed by atoms with Gasteiger partial charge in [0.1, 0.15) is 5.75 Å². The summed E-state index contributed by atoms with van der Waals surface area (Å²) in [5, 5.41) is 5.23. The molecule has 6 nitrogen and oxygen atoms in total. The van der Waals surface area contributed by atoms with Gasteiger partial charge in [-0.2, -0.15) is 0 Å². The normalized spacial score (nSPS) is 18.5. The number of amides is 2. The monoisotopic (exact) mass is 306 g/mol. The first-order valence-corrected chi connectivity index (χ1v) is 7.56. The maximum atomic E-state index is 11.9. The van der Waals surface area contributed by atoms with E-state index < -0.39 is 11.8 Å². The molecule has 22 heavy (non-hydrogen) atoms. The number of hydrogen-bond acceptors (Lipinski definition) is 4. The van der Waals surface area contributed by atoms with Crippen molar-refractivity contribution in [3.8, 4) is 5.75 Å². The Hall–Kier alpha value is -2.08. The van der Waals surface area contributed by atoms with Crippen molar-refractivity contribution < 1.29 is 19.1 Å². The zero-order valence-corrected chi connectivity index (χ0v) is 12.9. The van der Waals surface area contributed by atoms with E-state index in [1.54, 1.807) is 24.3 Å². The minimum atomic E-state index is -0.686. The molecule has 2 amide bonds. The molecule has 1 aromatic rings. The molecule has 1 fully saturated rings. The van der Waals surface area contributed by atoms with Crippen molar-refractivity contribution in [1.82, 2.24) is 5.32 Å². The minimum Gasteiger partial charge on any atom is -0.494 e. The highest BCUT2D eigenvalue weighted by molar-refractivity contribution is 6.39. The van der Waals surface area contributed by atoms with Crippen molar-refractivity contribution in [3.63, 3.8) is 0 Å². The molecule has 0 aromatic heterocycles. The topological polar surface area (TPSA) is 76.7 Å². The molecule has 1 aromatic carbocycles. The lowest BCUT2D eigenvalue weighted by Gasteiger charge is -2.19. The lowest BCUT2D eigenvalue weighted by molar-refractivity contribution is -0.137. The van der Waals surface area contributed by atoms with E-state index in [4.69, 9.17) is 9.47 Å². The first-order valence-electron chi connectivity index (χ1n) is 7.56. The summed E-state index contributed by atoms with van der Waals surface area (Å²) >= 11 is 0. The van der Waals surface area contributed by atoms with Crippen LogP contribution < -0.4 is 15.4 Å².